The van der Waals surface area contributed by atoms with Crippen LogP contribution >= 0.6 is 0 Å². The highest BCUT2D eigenvalue weighted by molar-refractivity contribution is 5.46. The molecule has 0 aliphatic carbocycles. The van der Waals surface area contributed by atoms with E-state index >= 15 is 0 Å². The Morgan fingerprint density at radius 3 is 2.89 bits per heavy atom. The Morgan fingerprint density at radius 1 is 1.56 bits per heavy atom. The van der Waals surface area contributed by atoms with E-state index in [1.54, 1.807) is 0 Å². The predicted octanol–water partition coefficient (Wildman–Crippen LogP) is 1.22. The molecule has 0 aliphatic heterocycles. The zero-order valence-electron chi connectivity index (χ0n) is 6.89. The van der Waals surface area contributed by atoms with Gasteiger partial charge in [-0.05, 0) is 6.42 Å². The van der Waals surface area contributed by atoms with E-state index in [1.807, 2.05) is 0 Å². The topological polar surface area (TPSA) is 29.1 Å². The van der Waals surface area contributed by atoms with Crippen molar-refractivity contribution in [3.05, 3.63) is 0 Å². The molecule has 2 heteroatoms. The van der Waals surface area contributed by atoms with E-state index in [1.165, 1.54) is 19.3 Å². The van der Waals surface area contributed by atoms with Crippen LogP contribution in [0.3, 0.4) is 0 Å². The molecule has 0 aromatic carbocycles. The van der Waals surface area contributed by atoms with Gasteiger partial charge in [0.2, 0.25) is 0 Å². The van der Waals surface area contributed by atoms with Crippen LogP contribution in [-0.4, -0.2) is 13.0 Å². The third kappa shape index (κ3) is 7.47. The summed E-state index contributed by atoms with van der Waals surface area (Å²) in [6, 6.07) is 0. The third-order valence-electron chi connectivity index (χ3n) is 1.19. The molecule has 0 rings (SSSR count). The Labute approximate surface area is 58.1 Å². The van der Waals surface area contributed by atoms with Crippen molar-refractivity contribution in [3.8, 4) is 0 Å². The lowest BCUT2D eigenvalue weighted by Crippen LogP contribution is -2.11. The van der Waals surface area contributed by atoms with Crippen molar-refractivity contribution >= 4 is 6.41 Å². The van der Waals surface area contributed by atoms with Crippen molar-refractivity contribution in [1.82, 2.24) is 5.31 Å². The van der Waals surface area contributed by atoms with E-state index in [0.29, 0.717) is 6.54 Å². The van der Waals surface area contributed by atoms with E-state index in [9.17, 15) is 4.79 Å². The summed E-state index contributed by atoms with van der Waals surface area (Å²) in [5.41, 5.74) is 0. The average molecular weight is 130 g/mol. The van der Waals surface area contributed by atoms with Crippen LogP contribution in [0.15, 0.2) is 0 Å². The highest BCUT2D eigenvalue weighted by Gasteiger charge is 1.84. The lowest BCUT2D eigenvalue weighted by atomic mass is 10.2. The summed E-state index contributed by atoms with van der Waals surface area (Å²) in [6.45, 7) is 2.65. The first-order valence-corrected chi connectivity index (χ1v) is 3.45. The maximum Gasteiger partial charge on any atom is 0.309 e. The molecule has 1 N–H and O–H groups in total. The van der Waals surface area contributed by atoms with E-state index in [4.69, 9.17) is 1.41 Å². The maximum absolute atomic E-state index is 9.78. The fraction of sp³-hybridized carbons (Fsp3) is 0.857. The molecule has 1 radical (unpaired) electrons. The number of carbonyl (C=O) groups excluding carboxylic acids is 1. The van der Waals surface area contributed by atoms with Crippen molar-refractivity contribution in [2.75, 3.05) is 6.54 Å². The quantitative estimate of drug-likeness (QED) is 0.425. The normalized spacial score (nSPS) is 10.6. The van der Waals surface area contributed by atoms with E-state index in [0.717, 1.165) is 18.2 Å². The van der Waals surface area contributed by atoms with Gasteiger partial charge in [-0.15, -0.1) is 0 Å². The molecule has 0 aliphatic rings. The van der Waals surface area contributed by atoms with E-state index < -0.39 is 0 Å². The van der Waals surface area contributed by atoms with E-state index in [-0.39, 0.29) is 0 Å². The number of hydrogen-bond acceptors (Lipinski definition) is 1. The Morgan fingerprint density at radius 2 is 2.33 bits per heavy atom. The minimum atomic E-state index is 0.517. The van der Waals surface area contributed by atoms with Gasteiger partial charge < -0.3 is 5.31 Å². The van der Waals surface area contributed by atoms with Gasteiger partial charge in [-0.1, -0.05) is 26.2 Å². The van der Waals surface area contributed by atoms with Crippen LogP contribution < -0.4 is 5.31 Å². The van der Waals surface area contributed by atoms with Gasteiger partial charge >= 0.3 is 6.41 Å². The second kappa shape index (κ2) is 7.47. The summed E-state index contributed by atoms with van der Waals surface area (Å²) >= 11 is 0. The highest BCUT2D eigenvalue weighted by Crippen LogP contribution is 1.96. The zero-order chi connectivity index (χ0) is 7.82. The lowest BCUT2D eigenvalue weighted by Gasteiger charge is -1.95. The number of nitrogens with one attached hydrogen (secondary N) is 1. The van der Waals surface area contributed by atoms with Crippen LogP contribution in [0.2, 0.25) is 1.41 Å². The van der Waals surface area contributed by atoms with Gasteiger partial charge in [-0.2, -0.15) is 0 Å². The standard InChI is InChI=1S/C7H14NO/c1-2-3-4-5-6-8-7-9/h2-6H2,1H3,(H,8,9)/i/hT. The molecule has 53 valence electrons. The average Bonchev–Trinajstić information content (AvgIpc) is 1.98. The smallest absolute Gasteiger partial charge is 0.309 e. The summed E-state index contributed by atoms with van der Waals surface area (Å²) in [6.07, 6.45) is 5.89. The van der Waals surface area contributed by atoms with Gasteiger partial charge in [0, 0.05) is 6.54 Å². The lowest BCUT2D eigenvalue weighted by molar-refractivity contribution is 0.537. The zero-order valence-corrected chi connectivity index (χ0v) is 5.89. The summed E-state index contributed by atoms with van der Waals surface area (Å²) in [5, 5.41) is 0.815. The van der Waals surface area contributed by atoms with Gasteiger partial charge in [0.25, 0.3) is 0 Å². The van der Waals surface area contributed by atoms with Gasteiger partial charge in [0.1, 0.15) is 0 Å². The van der Waals surface area contributed by atoms with Crippen LogP contribution in [0.25, 0.3) is 0 Å². The first-order valence-electron chi connectivity index (χ1n) is 3.90. The van der Waals surface area contributed by atoms with Crippen molar-refractivity contribution in [1.29, 1.82) is 0 Å². The molecule has 0 aromatic heterocycles. The molecule has 0 aromatic rings. The molecule has 0 atom stereocenters. The summed E-state index contributed by atoms with van der Waals surface area (Å²) in [4.78, 5) is 9.78. The van der Waals surface area contributed by atoms with Gasteiger partial charge in [0.05, 0.1) is 0 Å². The van der Waals surface area contributed by atoms with Gasteiger partial charge in [-0.25, -0.2) is 0 Å². The van der Waals surface area contributed by atoms with Crippen LogP contribution in [0.1, 0.15) is 32.6 Å². The van der Waals surface area contributed by atoms with Crippen LogP contribution in [0.4, 0.5) is 0 Å². The number of unbranched alkanes of at least 4 members (excludes halogenated alkanes) is 3. The Bertz CT molecular complexity index is 87.7. The molecule has 1 amide bonds. The Kier molecular flexibility index (Phi) is 5.47. The molecule has 0 saturated heterocycles. The van der Waals surface area contributed by atoms with E-state index in [2.05, 4.69) is 6.92 Å². The first-order chi connectivity index (χ1) is 4.81. The first kappa shape index (κ1) is 6.59. The fourth-order valence-electron chi connectivity index (χ4n) is 0.663. The highest BCUT2D eigenvalue weighted by atomic mass is 16.1. The second-order valence-electron chi connectivity index (χ2n) is 2.03. The van der Waals surface area contributed by atoms with Gasteiger partial charge in [-0.3, -0.25) is 4.79 Å². The second-order valence-corrected chi connectivity index (χ2v) is 2.03. The van der Waals surface area contributed by atoms with Crippen molar-refractivity contribution in [3.63, 3.8) is 0 Å². The minimum Gasteiger partial charge on any atom is -0.348 e. The molecule has 0 fully saturated rings. The number of hydrogen-bond donors (Lipinski definition) is 1. The SMILES string of the molecule is [3H]N([C]=O)CCCCCC. The summed E-state index contributed by atoms with van der Waals surface area (Å²) in [7, 11) is 0. The molecular formula is C7H14NO. The van der Waals surface area contributed by atoms with Crippen molar-refractivity contribution in [2.45, 2.75) is 32.6 Å². The molecule has 0 heterocycles. The molecule has 0 saturated carbocycles. The largest absolute Gasteiger partial charge is 0.348 e. The van der Waals surface area contributed by atoms with Crippen molar-refractivity contribution < 1.29 is 6.21 Å². The number of rotatable bonds is 6. The molecule has 9 heavy (non-hydrogen) atoms. The third-order valence-corrected chi connectivity index (χ3v) is 1.19. The van der Waals surface area contributed by atoms with Gasteiger partial charge in [0.15, 0.2) is 1.41 Å². The maximum atomic E-state index is 9.78. The molecule has 0 spiro atoms. The van der Waals surface area contributed by atoms with Crippen LogP contribution in [0.5, 0.6) is 0 Å². The fourth-order valence-corrected chi connectivity index (χ4v) is 0.663. The molecule has 0 unspecified atom stereocenters. The van der Waals surface area contributed by atoms with Crippen LogP contribution in [-0.2, 0) is 4.79 Å². The number of amides is 1. The van der Waals surface area contributed by atoms with Crippen molar-refractivity contribution in [2.24, 2.45) is 0 Å². The summed E-state index contributed by atoms with van der Waals surface area (Å²) < 4.78 is 6.87. The minimum absolute atomic E-state index is 0.517. The molecular weight excluding hydrogens is 114 g/mol. The van der Waals surface area contributed by atoms with Crippen LogP contribution in [0, 0.1) is 0 Å². The monoisotopic (exact) mass is 130 g/mol. The molecule has 0 bridgehead atoms. The molecule has 2 nitrogen and oxygen atoms in total. The predicted molar refractivity (Wildman–Crippen MR) is 37.8 cm³/mol. The Balaban J connectivity index is 2.95. The summed E-state index contributed by atoms with van der Waals surface area (Å²) in [5.74, 6) is 0. The Hall–Kier alpha value is -0.530.